The number of hydrogen-bond acceptors (Lipinski definition) is 2. The molecule has 1 rings (SSSR count). The summed E-state index contributed by atoms with van der Waals surface area (Å²) < 4.78 is 5.70. The third-order valence-corrected chi connectivity index (χ3v) is 3.75. The molecule has 1 atom stereocenters. The summed E-state index contributed by atoms with van der Waals surface area (Å²) >= 11 is 4.59. The van der Waals surface area contributed by atoms with Crippen LogP contribution in [0.1, 0.15) is 26.7 Å². The summed E-state index contributed by atoms with van der Waals surface area (Å²) in [4.78, 5) is 11.4. The molecule has 1 aliphatic rings. The predicted molar refractivity (Wildman–Crippen MR) is 64.7 cm³/mol. The molecule has 1 aliphatic heterocycles. The molecule has 0 aliphatic carbocycles. The van der Waals surface area contributed by atoms with Crippen LogP contribution in [0.3, 0.4) is 0 Å². The van der Waals surface area contributed by atoms with Gasteiger partial charge in [-0.1, -0.05) is 45.2 Å². The first-order valence-electron chi connectivity index (χ1n) is 3.93. The third kappa shape index (κ3) is 2.46. The number of ether oxygens (including phenoxy) is 1. The molecule has 1 saturated heterocycles. The molecule has 4 heteroatoms. The van der Waals surface area contributed by atoms with E-state index in [-0.39, 0.29) is 17.5 Å². The van der Waals surface area contributed by atoms with Gasteiger partial charge in [0.25, 0.3) is 0 Å². The van der Waals surface area contributed by atoms with Gasteiger partial charge in [-0.25, -0.2) is 0 Å². The topological polar surface area (TPSA) is 26.3 Å². The van der Waals surface area contributed by atoms with Crippen LogP contribution in [0.25, 0.3) is 0 Å². The number of halogens is 2. The summed E-state index contributed by atoms with van der Waals surface area (Å²) in [6, 6.07) is 0. The lowest BCUT2D eigenvalue weighted by molar-refractivity contribution is -0.165. The smallest absolute Gasteiger partial charge is 0.311 e. The first kappa shape index (κ1) is 11.0. The van der Waals surface area contributed by atoms with Crippen molar-refractivity contribution < 1.29 is 9.53 Å². The Morgan fingerprint density at radius 1 is 1.58 bits per heavy atom. The average molecular weight is 394 g/mol. The summed E-state index contributed by atoms with van der Waals surface area (Å²) in [5, 5.41) is 0. The summed E-state index contributed by atoms with van der Waals surface area (Å²) in [7, 11) is 0. The second-order valence-electron chi connectivity index (χ2n) is 3.70. The Labute approximate surface area is 100 Å². The highest BCUT2D eigenvalue weighted by Gasteiger charge is 2.38. The minimum absolute atomic E-state index is 0.0444. The molecular weight excluding hydrogens is 382 g/mol. The Kier molecular flexibility index (Phi) is 3.65. The van der Waals surface area contributed by atoms with Crippen LogP contribution in [0.15, 0.2) is 0 Å². The number of carbonyl (C=O) groups is 1. The lowest BCUT2D eigenvalue weighted by Crippen LogP contribution is -2.39. The molecule has 1 fully saturated rings. The number of rotatable bonds is 1. The van der Waals surface area contributed by atoms with Crippen molar-refractivity contribution in [3.63, 3.8) is 0 Å². The zero-order valence-corrected chi connectivity index (χ0v) is 11.5. The Bertz CT molecular complexity index is 189. The molecule has 70 valence electrons. The molecule has 0 aromatic rings. The minimum Gasteiger partial charge on any atom is -0.460 e. The van der Waals surface area contributed by atoms with Crippen molar-refractivity contribution in [2.45, 2.75) is 34.7 Å². The van der Waals surface area contributed by atoms with Crippen molar-refractivity contribution in [1.29, 1.82) is 0 Å². The summed E-state index contributed by atoms with van der Waals surface area (Å²) in [6.07, 6.45) is 2.06. The second kappa shape index (κ2) is 3.98. The van der Waals surface area contributed by atoms with Gasteiger partial charge in [0, 0.05) is 0 Å². The van der Waals surface area contributed by atoms with Crippen molar-refractivity contribution >= 4 is 51.2 Å². The first-order chi connectivity index (χ1) is 5.43. The maximum atomic E-state index is 11.4. The number of cyclic esters (lactones) is 1. The van der Waals surface area contributed by atoms with Gasteiger partial charge in [0.15, 0.2) is 0 Å². The first-order valence-corrected chi connectivity index (χ1v) is 6.42. The van der Waals surface area contributed by atoms with E-state index in [2.05, 4.69) is 45.2 Å². The molecule has 0 radical (unpaired) electrons. The van der Waals surface area contributed by atoms with Crippen molar-refractivity contribution in [1.82, 2.24) is 0 Å². The molecule has 0 aromatic carbocycles. The van der Waals surface area contributed by atoms with Crippen LogP contribution in [-0.2, 0) is 9.53 Å². The van der Waals surface area contributed by atoms with Crippen LogP contribution >= 0.6 is 45.2 Å². The van der Waals surface area contributed by atoms with Gasteiger partial charge in [-0.05, 0) is 26.7 Å². The SMILES string of the molecule is CC1(C)CCC(C(I)I)OC1=O. The van der Waals surface area contributed by atoms with Gasteiger partial charge in [0.2, 0.25) is 0 Å². The van der Waals surface area contributed by atoms with E-state index in [1.165, 1.54) is 0 Å². The summed E-state index contributed by atoms with van der Waals surface area (Å²) in [6.45, 7) is 3.89. The molecule has 0 saturated carbocycles. The van der Waals surface area contributed by atoms with Crippen molar-refractivity contribution in [2.24, 2.45) is 5.41 Å². The molecule has 1 unspecified atom stereocenters. The van der Waals surface area contributed by atoms with Gasteiger partial charge in [0.05, 0.1) is 7.35 Å². The van der Waals surface area contributed by atoms with Gasteiger partial charge >= 0.3 is 5.97 Å². The van der Waals surface area contributed by atoms with Crippen LogP contribution in [0.4, 0.5) is 0 Å². The van der Waals surface area contributed by atoms with Crippen molar-refractivity contribution in [3.8, 4) is 0 Å². The molecule has 0 bridgehead atoms. The van der Waals surface area contributed by atoms with E-state index in [4.69, 9.17) is 4.74 Å². The van der Waals surface area contributed by atoms with Crippen LogP contribution in [0.5, 0.6) is 0 Å². The Morgan fingerprint density at radius 3 is 2.58 bits per heavy atom. The van der Waals surface area contributed by atoms with Crippen LogP contribution in [-0.4, -0.2) is 14.0 Å². The fourth-order valence-corrected chi connectivity index (χ4v) is 2.15. The van der Waals surface area contributed by atoms with Crippen molar-refractivity contribution in [3.05, 3.63) is 0 Å². The largest absolute Gasteiger partial charge is 0.460 e. The highest BCUT2D eigenvalue weighted by Crippen LogP contribution is 2.35. The maximum absolute atomic E-state index is 11.4. The van der Waals surface area contributed by atoms with Crippen molar-refractivity contribution in [2.75, 3.05) is 0 Å². The monoisotopic (exact) mass is 394 g/mol. The Balaban J connectivity index is 2.58. The Morgan fingerprint density at radius 2 is 2.17 bits per heavy atom. The molecular formula is C8H12I2O2. The molecule has 12 heavy (non-hydrogen) atoms. The number of carbonyl (C=O) groups excluding carboxylic acids is 1. The van der Waals surface area contributed by atoms with E-state index in [0.717, 1.165) is 12.8 Å². The molecule has 0 amide bonds. The maximum Gasteiger partial charge on any atom is 0.311 e. The lowest BCUT2D eigenvalue weighted by Gasteiger charge is -2.33. The number of alkyl halides is 2. The van der Waals surface area contributed by atoms with Gasteiger partial charge in [0.1, 0.15) is 6.10 Å². The number of esters is 1. The zero-order valence-electron chi connectivity index (χ0n) is 7.14. The van der Waals surface area contributed by atoms with Gasteiger partial charge in [-0.3, -0.25) is 4.79 Å². The molecule has 2 nitrogen and oxygen atoms in total. The standard InChI is InChI=1S/C8H12I2O2/c1-8(2)4-3-5(6(9)10)12-7(8)11/h5-6H,3-4H2,1-2H3. The molecule has 0 N–H and O–H groups in total. The minimum atomic E-state index is -0.265. The molecule has 1 heterocycles. The van der Waals surface area contributed by atoms with Gasteiger partial charge < -0.3 is 4.74 Å². The molecule has 0 aromatic heterocycles. The van der Waals surface area contributed by atoms with E-state index in [0.29, 0.717) is 1.93 Å². The van der Waals surface area contributed by atoms with Crippen LogP contribution in [0.2, 0.25) is 0 Å². The predicted octanol–water partition coefficient (Wildman–Crippen LogP) is 2.91. The van der Waals surface area contributed by atoms with E-state index < -0.39 is 0 Å². The van der Waals surface area contributed by atoms with Gasteiger partial charge in [-0.15, -0.1) is 0 Å². The van der Waals surface area contributed by atoms with Crippen LogP contribution < -0.4 is 0 Å². The number of hydrogen-bond donors (Lipinski definition) is 0. The summed E-state index contributed by atoms with van der Waals surface area (Å²) in [5.41, 5.74) is -0.265. The van der Waals surface area contributed by atoms with Crippen LogP contribution in [0, 0.1) is 5.41 Å². The second-order valence-corrected chi connectivity index (χ2v) is 8.77. The van der Waals surface area contributed by atoms with E-state index in [1.807, 2.05) is 13.8 Å². The quantitative estimate of drug-likeness (QED) is 0.389. The Hall–Kier alpha value is 0.930. The highest BCUT2D eigenvalue weighted by molar-refractivity contribution is 14.2. The average Bonchev–Trinajstić information content (AvgIpc) is 1.94. The van der Waals surface area contributed by atoms with Gasteiger partial charge in [-0.2, -0.15) is 0 Å². The lowest BCUT2D eigenvalue weighted by atomic mass is 9.85. The summed E-state index contributed by atoms with van der Waals surface area (Å²) in [5.74, 6) is -0.0444. The van der Waals surface area contributed by atoms with E-state index in [1.54, 1.807) is 0 Å². The van der Waals surface area contributed by atoms with E-state index in [9.17, 15) is 4.79 Å². The molecule has 0 spiro atoms. The highest BCUT2D eigenvalue weighted by atomic mass is 127. The zero-order chi connectivity index (χ0) is 9.35. The normalized spacial score (nSPS) is 28.8. The van der Waals surface area contributed by atoms with E-state index >= 15 is 0 Å². The fraction of sp³-hybridized carbons (Fsp3) is 0.875. The fourth-order valence-electron chi connectivity index (χ4n) is 1.14. The third-order valence-electron chi connectivity index (χ3n) is 2.15.